The van der Waals surface area contributed by atoms with Crippen LogP contribution in [0.3, 0.4) is 0 Å². The van der Waals surface area contributed by atoms with Crippen LogP contribution in [0.5, 0.6) is 0 Å². The Hall–Kier alpha value is 0.130. The van der Waals surface area contributed by atoms with Gasteiger partial charge in [0.25, 0.3) is 0 Å². The van der Waals surface area contributed by atoms with E-state index < -0.39 is 11.3 Å². The van der Waals surface area contributed by atoms with E-state index in [4.69, 9.17) is 0 Å². The Morgan fingerprint density at radius 1 is 1.33 bits per heavy atom. The van der Waals surface area contributed by atoms with E-state index in [1.165, 1.54) is 0 Å². The van der Waals surface area contributed by atoms with Crippen LogP contribution < -0.4 is 4.72 Å². The first-order valence-corrected chi connectivity index (χ1v) is 5.43. The van der Waals surface area contributed by atoms with Crippen molar-refractivity contribution in [2.24, 2.45) is 0 Å². The quantitative estimate of drug-likeness (QED) is 0.628. The second-order valence-corrected chi connectivity index (χ2v) is 4.84. The molecule has 0 fully saturated rings. The number of benzene rings is 1. The van der Waals surface area contributed by atoms with Crippen molar-refractivity contribution in [2.45, 2.75) is 26.2 Å². The summed E-state index contributed by atoms with van der Waals surface area (Å²) >= 11 is -2.25. The van der Waals surface area contributed by atoms with Crippen molar-refractivity contribution in [3.8, 4) is 0 Å². The topological polar surface area (TPSA) is 52.2 Å². The third kappa shape index (κ3) is 5.13. The SMILES string of the molecule is CC(C)(C)c1cccc(NS(=O)[O-])c1.[Na]. The monoisotopic (exact) mass is 235 g/mol. The first kappa shape index (κ1) is 15.1. The van der Waals surface area contributed by atoms with Crippen LogP contribution in [0.1, 0.15) is 26.3 Å². The zero-order valence-corrected chi connectivity index (χ0v) is 12.4. The molecule has 1 aromatic rings. The van der Waals surface area contributed by atoms with Gasteiger partial charge in [0.1, 0.15) is 0 Å². The van der Waals surface area contributed by atoms with Crippen LogP contribution in [0.4, 0.5) is 5.69 Å². The number of anilines is 1. The molecule has 0 bridgehead atoms. The number of hydrogen-bond donors (Lipinski definition) is 1. The Kier molecular flexibility index (Phi) is 6.06. The molecule has 1 N–H and O–H groups in total. The van der Waals surface area contributed by atoms with E-state index in [-0.39, 0.29) is 35.0 Å². The van der Waals surface area contributed by atoms with Crippen molar-refractivity contribution >= 4 is 46.5 Å². The van der Waals surface area contributed by atoms with E-state index in [9.17, 15) is 8.76 Å². The molecule has 0 heterocycles. The largest absolute Gasteiger partial charge is 0.755 e. The molecule has 0 saturated carbocycles. The van der Waals surface area contributed by atoms with Crippen molar-refractivity contribution in [3.63, 3.8) is 0 Å². The summed E-state index contributed by atoms with van der Waals surface area (Å²) in [6.45, 7) is 6.25. The van der Waals surface area contributed by atoms with Crippen molar-refractivity contribution in [1.29, 1.82) is 0 Å². The summed E-state index contributed by atoms with van der Waals surface area (Å²) < 4.78 is 23.2. The van der Waals surface area contributed by atoms with Gasteiger partial charge in [-0.1, -0.05) is 32.9 Å². The molecule has 0 aliphatic heterocycles. The first-order valence-electron chi connectivity index (χ1n) is 4.36. The summed E-state index contributed by atoms with van der Waals surface area (Å²) in [5, 5.41) is 0. The number of nitrogens with one attached hydrogen (secondary N) is 1. The van der Waals surface area contributed by atoms with Crippen LogP contribution in [0.25, 0.3) is 0 Å². The summed E-state index contributed by atoms with van der Waals surface area (Å²) in [4.78, 5) is 0. The Bertz CT molecular complexity index is 350. The van der Waals surface area contributed by atoms with Crippen molar-refractivity contribution < 1.29 is 8.76 Å². The fraction of sp³-hybridized carbons (Fsp3) is 0.400. The number of hydrogen-bond acceptors (Lipinski definition) is 2. The summed E-state index contributed by atoms with van der Waals surface area (Å²) in [6, 6.07) is 7.40. The zero-order valence-electron chi connectivity index (χ0n) is 9.53. The average molecular weight is 235 g/mol. The van der Waals surface area contributed by atoms with E-state index in [0.717, 1.165) is 5.56 Å². The fourth-order valence-corrected chi connectivity index (χ4v) is 1.46. The second kappa shape index (κ2) is 6.01. The van der Waals surface area contributed by atoms with Crippen LogP contribution in [0.15, 0.2) is 24.3 Å². The van der Waals surface area contributed by atoms with Crippen LogP contribution >= 0.6 is 0 Å². The molecule has 1 rings (SSSR count). The van der Waals surface area contributed by atoms with E-state index in [1.54, 1.807) is 6.07 Å². The molecule has 0 amide bonds. The third-order valence-electron chi connectivity index (χ3n) is 1.93. The van der Waals surface area contributed by atoms with Gasteiger partial charge in [-0.05, 0) is 23.1 Å². The van der Waals surface area contributed by atoms with Gasteiger partial charge in [-0.2, -0.15) is 0 Å². The second-order valence-electron chi connectivity index (χ2n) is 4.17. The maximum absolute atomic E-state index is 10.4. The van der Waals surface area contributed by atoms with Gasteiger partial charge in [-0.15, -0.1) is 0 Å². The smallest absolute Gasteiger partial charge is 0.0455 e. The Morgan fingerprint density at radius 3 is 2.40 bits per heavy atom. The normalized spacial score (nSPS) is 12.8. The van der Waals surface area contributed by atoms with E-state index in [2.05, 4.69) is 25.5 Å². The molecule has 0 aromatic heterocycles. The minimum absolute atomic E-state index is 0. The van der Waals surface area contributed by atoms with Crippen molar-refractivity contribution in [2.75, 3.05) is 4.72 Å². The third-order valence-corrected chi connectivity index (χ3v) is 2.33. The van der Waals surface area contributed by atoms with Gasteiger partial charge in [-0.25, -0.2) is 0 Å². The van der Waals surface area contributed by atoms with Crippen LogP contribution in [-0.4, -0.2) is 38.3 Å². The van der Waals surface area contributed by atoms with Gasteiger partial charge in [0.15, 0.2) is 0 Å². The van der Waals surface area contributed by atoms with Crippen LogP contribution in [0, 0.1) is 0 Å². The molecule has 0 saturated heterocycles. The van der Waals surface area contributed by atoms with Crippen molar-refractivity contribution in [3.05, 3.63) is 29.8 Å². The zero-order chi connectivity index (χ0) is 10.8. The molecule has 0 aliphatic carbocycles. The predicted octanol–water partition coefficient (Wildman–Crippen LogP) is 1.81. The van der Waals surface area contributed by atoms with Crippen molar-refractivity contribution in [1.82, 2.24) is 0 Å². The molecule has 1 unspecified atom stereocenters. The minimum atomic E-state index is -2.25. The molecular formula is C10H14NNaO2S-. The Balaban J connectivity index is 0.00000196. The van der Waals surface area contributed by atoms with E-state index >= 15 is 0 Å². The fourth-order valence-electron chi connectivity index (χ4n) is 1.15. The maximum Gasteiger partial charge on any atom is 0.0455 e. The molecule has 1 atom stereocenters. The summed E-state index contributed by atoms with van der Waals surface area (Å²) in [6.07, 6.45) is 0. The Morgan fingerprint density at radius 2 is 1.93 bits per heavy atom. The predicted molar refractivity (Wildman–Crippen MR) is 63.4 cm³/mol. The minimum Gasteiger partial charge on any atom is -0.755 e. The molecule has 0 spiro atoms. The molecule has 79 valence electrons. The van der Waals surface area contributed by atoms with Crippen LogP contribution in [0.2, 0.25) is 0 Å². The molecule has 3 nitrogen and oxygen atoms in total. The summed E-state index contributed by atoms with van der Waals surface area (Å²) in [5.74, 6) is 0. The maximum atomic E-state index is 10.4. The standard InChI is InChI=1S/C10H15NO2S.Na/c1-10(2,3)8-5-4-6-9(7-8)11-14(12)13;/h4-7,11H,1-3H3,(H,12,13);/p-1. The van der Waals surface area contributed by atoms with Crippen LogP contribution in [-0.2, 0) is 16.7 Å². The average Bonchev–Trinajstić information content (AvgIpc) is 2.01. The molecule has 5 heteroatoms. The van der Waals surface area contributed by atoms with Gasteiger partial charge in [0.05, 0.1) is 0 Å². The Labute approximate surface area is 115 Å². The summed E-state index contributed by atoms with van der Waals surface area (Å²) in [5.41, 5.74) is 1.74. The molecule has 1 radical (unpaired) electrons. The molecule has 0 aliphatic rings. The van der Waals surface area contributed by atoms with E-state index in [0.29, 0.717) is 5.69 Å². The molecular weight excluding hydrogens is 221 g/mol. The van der Waals surface area contributed by atoms with E-state index in [1.807, 2.05) is 18.2 Å². The molecule has 1 aromatic carbocycles. The number of rotatable bonds is 2. The van der Waals surface area contributed by atoms with Gasteiger partial charge < -0.3 is 9.27 Å². The van der Waals surface area contributed by atoms with Gasteiger partial charge in [0, 0.05) is 46.5 Å². The van der Waals surface area contributed by atoms with Gasteiger partial charge in [0.2, 0.25) is 0 Å². The summed E-state index contributed by atoms with van der Waals surface area (Å²) in [7, 11) is 0. The molecule has 15 heavy (non-hydrogen) atoms. The first-order chi connectivity index (χ1) is 6.39. The van der Waals surface area contributed by atoms with Gasteiger partial charge in [-0.3, -0.25) is 4.21 Å². The van der Waals surface area contributed by atoms with Gasteiger partial charge >= 0.3 is 0 Å².